The van der Waals surface area contributed by atoms with Gasteiger partial charge >= 0.3 is 0 Å². The molecule has 1 aromatic heterocycles. The molecule has 0 N–H and O–H groups in total. The minimum atomic E-state index is 0.739. The third-order valence-electron chi connectivity index (χ3n) is 1.86. The molecule has 14 heavy (non-hydrogen) atoms. The van der Waals surface area contributed by atoms with E-state index in [1.807, 2.05) is 20.8 Å². The summed E-state index contributed by atoms with van der Waals surface area (Å²) in [4.78, 5) is 4.25. The van der Waals surface area contributed by atoms with Crippen LogP contribution in [0.25, 0.3) is 5.57 Å². The van der Waals surface area contributed by atoms with Crippen molar-refractivity contribution in [2.24, 2.45) is 0 Å². The molecule has 0 bridgehead atoms. The zero-order valence-electron chi connectivity index (χ0n) is 9.08. The first-order valence-electron chi connectivity index (χ1n) is 5.15. The van der Waals surface area contributed by atoms with Crippen LogP contribution in [0.3, 0.4) is 0 Å². The van der Waals surface area contributed by atoms with Gasteiger partial charge in [-0.05, 0) is 19.8 Å². The van der Waals surface area contributed by atoms with Crippen molar-refractivity contribution in [3.05, 3.63) is 36.1 Å². The number of oxazole rings is 1. The maximum Gasteiger partial charge on any atom is 0.225 e. The minimum absolute atomic E-state index is 0.739. The fourth-order valence-electron chi connectivity index (χ4n) is 1.26. The van der Waals surface area contributed by atoms with Crippen LogP contribution in [0, 0.1) is 6.92 Å². The third-order valence-corrected chi connectivity index (χ3v) is 1.86. The molecule has 0 fully saturated rings. The summed E-state index contributed by atoms with van der Waals surface area (Å²) in [5.74, 6) is 0.739. The predicted molar refractivity (Wildman–Crippen MR) is 58.9 cm³/mol. The molecule has 0 unspecified atom stereocenters. The van der Waals surface area contributed by atoms with Crippen LogP contribution in [0.5, 0.6) is 0 Å². The third kappa shape index (κ3) is 2.59. The van der Waals surface area contributed by atoms with Gasteiger partial charge in [-0.3, -0.25) is 0 Å². The Morgan fingerprint density at radius 2 is 2.07 bits per heavy atom. The molecule has 0 atom stereocenters. The highest BCUT2D eigenvalue weighted by molar-refractivity contribution is 5.69. The highest BCUT2D eigenvalue weighted by Gasteiger charge is 2.05. The molecule has 0 saturated carbocycles. The van der Waals surface area contributed by atoms with E-state index in [1.165, 1.54) is 0 Å². The summed E-state index contributed by atoms with van der Waals surface area (Å²) >= 11 is 0. The van der Waals surface area contributed by atoms with Gasteiger partial charge in [0.15, 0.2) is 0 Å². The molecule has 2 rings (SSSR count). The first-order chi connectivity index (χ1) is 6.86. The van der Waals surface area contributed by atoms with Crippen molar-refractivity contribution in [3.8, 4) is 0 Å². The van der Waals surface area contributed by atoms with Gasteiger partial charge in [0.2, 0.25) is 5.89 Å². The lowest BCUT2D eigenvalue weighted by atomic mass is 10.1. The van der Waals surface area contributed by atoms with Crippen LogP contribution in [0.1, 0.15) is 38.3 Å². The van der Waals surface area contributed by atoms with Gasteiger partial charge in [-0.1, -0.05) is 32.1 Å². The van der Waals surface area contributed by atoms with Crippen LogP contribution in [-0.4, -0.2) is 4.98 Å². The smallest absolute Gasteiger partial charge is 0.225 e. The number of aryl methyl sites for hydroxylation is 1. The van der Waals surface area contributed by atoms with Crippen LogP contribution < -0.4 is 0 Å². The van der Waals surface area contributed by atoms with Crippen LogP contribution in [0.15, 0.2) is 28.9 Å². The molecule has 0 spiro atoms. The minimum Gasteiger partial charge on any atom is -0.444 e. The molecule has 1 aromatic rings. The van der Waals surface area contributed by atoms with E-state index in [-0.39, 0.29) is 0 Å². The largest absolute Gasteiger partial charge is 0.444 e. The Morgan fingerprint density at radius 1 is 1.29 bits per heavy atom. The van der Waals surface area contributed by atoms with Gasteiger partial charge in [0, 0.05) is 5.57 Å². The Balaban J connectivity index is 0.000000461. The van der Waals surface area contributed by atoms with Crippen molar-refractivity contribution < 1.29 is 4.42 Å². The van der Waals surface area contributed by atoms with Crippen molar-refractivity contribution in [2.45, 2.75) is 33.6 Å². The lowest BCUT2D eigenvalue weighted by molar-refractivity contribution is 0.542. The van der Waals surface area contributed by atoms with E-state index >= 15 is 0 Å². The second-order valence-electron chi connectivity index (χ2n) is 2.93. The monoisotopic (exact) mass is 191 g/mol. The van der Waals surface area contributed by atoms with Gasteiger partial charge in [0.1, 0.15) is 6.26 Å². The van der Waals surface area contributed by atoms with Crippen molar-refractivity contribution in [2.75, 3.05) is 0 Å². The second kappa shape index (κ2) is 5.43. The maximum absolute atomic E-state index is 5.27. The average molecular weight is 191 g/mol. The molecule has 0 radical (unpaired) electrons. The lowest BCUT2D eigenvalue weighted by Gasteiger charge is -2.00. The predicted octanol–water partition coefficient (Wildman–Crippen LogP) is 3.74. The van der Waals surface area contributed by atoms with E-state index in [4.69, 9.17) is 4.42 Å². The van der Waals surface area contributed by atoms with E-state index in [9.17, 15) is 0 Å². The van der Waals surface area contributed by atoms with Crippen molar-refractivity contribution in [1.29, 1.82) is 0 Å². The zero-order valence-corrected chi connectivity index (χ0v) is 9.08. The summed E-state index contributed by atoms with van der Waals surface area (Å²) in [7, 11) is 0. The van der Waals surface area contributed by atoms with E-state index in [2.05, 4.69) is 23.2 Å². The first-order valence-corrected chi connectivity index (χ1v) is 5.15. The van der Waals surface area contributed by atoms with Crippen LogP contribution in [-0.2, 0) is 0 Å². The Labute approximate surface area is 85.4 Å². The zero-order chi connectivity index (χ0) is 10.4. The molecule has 1 heterocycles. The number of nitrogens with zero attached hydrogens (tertiary/aromatic N) is 1. The van der Waals surface area contributed by atoms with Crippen molar-refractivity contribution in [1.82, 2.24) is 4.98 Å². The van der Waals surface area contributed by atoms with E-state index in [1.54, 1.807) is 6.26 Å². The lowest BCUT2D eigenvalue weighted by Crippen LogP contribution is -1.85. The van der Waals surface area contributed by atoms with Crippen LogP contribution >= 0.6 is 0 Å². The number of hydrogen-bond acceptors (Lipinski definition) is 2. The van der Waals surface area contributed by atoms with Gasteiger partial charge in [-0.2, -0.15) is 0 Å². The first kappa shape index (κ1) is 10.8. The van der Waals surface area contributed by atoms with E-state index in [0.717, 1.165) is 30.0 Å². The summed E-state index contributed by atoms with van der Waals surface area (Å²) in [6.07, 6.45) is 10.3. The van der Waals surface area contributed by atoms with E-state index < -0.39 is 0 Å². The van der Waals surface area contributed by atoms with Crippen LogP contribution in [0.4, 0.5) is 0 Å². The standard InChI is InChI=1S/C10H11NO.C2H6/c1-8-7-12-10(11-8)9-5-3-2-4-6-9;1-2/h3,5-7H,2,4H2,1H3;1-2H3. The molecule has 0 saturated heterocycles. The van der Waals surface area contributed by atoms with Crippen molar-refractivity contribution >= 4 is 5.57 Å². The Kier molecular flexibility index (Phi) is 4.17. The number of rotatable bonds is 1. The average Bonchev–Trinajstić information content (AvgIpc) is 2.69. The van der Waals surface area contributed by atoms with Crippen LogP contribution in [0.2, 0.25) is 0 Å². The number of aromatic nitrogens is 1. The summed E-state index contributed by atoms with van der Waals surface area (Å²) in [5.41, 5.74) is 2.04. The Bertz CT molecular complexity index is 334. The highest BCUT2D eigenvalue weighted by atomic mass is 16.3. The van der Waals surface area contributed by atoms with E-state index in [0.29, 0.717) is 0 Å². The maximum atomic E-state index is 5.27. The summed E-state index contributed by atoms with van der Waals surface area (Å²) < 4.78 is 5.27. The highest BCUT2D eigenvalue weighted by Crippen LogP contribution is 2.20. The molecular weight excluding hydrogens is 174 g/mol. The molecule has 0 amide bonds. The van der Waals surface area contributed by atoms with Gasteiger partial charge in [-0.15, -0.1) is 0 Å². The molecular formula is C12H17NO. The van der Waals surface area contributed by atoms with Crippen molar-refractivity contribution in [3.63, 3.8) is 0 Å². The number of hydrogen-bond donors (Lipinski definition) is 0. The molecule has 1 aliphatic rings. The molecule has 2 heteroatoms. The fraction of sp³-hybridized carbons (Fsp3) is 0.417. The fourth-order valence-corrected chi connectivity index (χ4v) is 1.26. The van der Waals surface area contributed by atoms with Gasteiger partial charge in [0.25, 0.3) is 0 Å². The molecule has 0 aromatic carbocycles. The van der Waals surface area contributed by atoms with Gasteiger partial charge in [-0.25, -0.2) is 4.98 Å². The molecule has 0 aliphatic heterocycles. The molecule has 1 aliphatic carbocycles. The SMILES string of the molecule is CC.Cc1coc(C2=CCCC=C2)n1. The topological polar surface area (TPSA) is 26.0 Å². The van der Waals surface area contributed by atoms with Gasteiger partial charge < -0.3 is 4.42 Å². The van der Waals surface area contributed by atoms with Gasteiger partial charge in [0.05, 0.1) is 5.69 Å². The summed E-state index contributed by atoms with van der Waals surface area (Å²) in [6.45, 7) is 5.93. The Morgan fingerprint density at radius 3 is 2.57 bits per heavy atom. The molecule has 2 nitrogen and oxygen atoms in total. The molecule has 76 valence electrons. The number of allylic oxidation sites excluding steroid dienone is 4. The summed E-state index contributed by atoms with van der Waals surface area (Å²) in [5, 5.41) is 0. The summed E-state index contributed by atoms with van der Waals surface area (Å²) in [6, 6.07) is 0. The normalized spacial score (nSPS) is 14.4. The second-order valence-corrected chi connectivity index (χ2v) is 2.93. The quantitative estimate of drug-likeness (QED) is 0.675. The Hall–Kier alpha value is -1.31.